The van der Waals surface area contributed by atoms with Crippen molar-refractivity contribution in [2.24, 2.45) is 0 Å². The Morgan fingerprint density at radius 3 is 2.64 bits per heavy atom. The summed E-state index contributed by atoms with van der Waals surface area (Å²) in [7, 11) is 0. The lowest BCUT2D eigenvalue weighted by Crippen LogP contribution is -2.30. The van der Waals surface area contributed by atoms with Crippen LogP contribution in [0.25, 0.3) is 0 Å². The van der Waals surface area contributed by atoms with Gasteiger partial charge in [0.05, 0.1) is 4.47 Å². The van der Waals surface area contributed by atoms with Crippen LogP contribution in [0.1, 0.15) is 19.4 Å². The minimum absolute atomic E-state index is 0.171. The second-order valence-electron chi connectivity index (χ2n) is 4.83. The van der Waals surface area contributed by atoms with Crippen LogP contribution >= 0.6 is 31.9 Å². The molecule has 116 valence electrons. The number of benzene rings is 2. The number of hydrogen-bond donors (Lipinski definition) is 1. The fourth-order valence-electron chi connectivity index (χ4n) is 2.00. The maximum atomic E-state index is 12.3. The standard InChI is InChI=1S/C17H17Br2NO2/c1-3-12-6-4-5-7-15(12)20-17(21)11(2)22-16-9-8-13(18)10-14(16)19/h4-11H,3H2,1-2H3,(H,20,21)/t11-/m1/s1. The van der Waals surface area contributed by atoms with Crippen molar-refractivity contribution in [1.29, 1.82) is 0 Å². The predicted molar refractivity (Wildman–Crippen MR) is 96.4 cm³/mol. The van der Waals surface area contributed by atoms with Crippen LogP contribution in [-0.4, -0.2) is 12.0 Å². The van der Waals surface area contributed by atoms with Crippen LogP contribution < -0.4 is 10.1 Å². The van der Waals surface area contributed by atoms with E-state index in [1.807, 2.05) is 42.5 Å². The zero-order valence-corrected chi connectivity index (χ0v) is 15.6. The third kappa shape index (κ3) is 4.34. The summed E-state index contributed by atoms with van der Waals surface area (Å²) in [6, 6.07) is 13.4. The van der Waals surface area contributed by atoms with Crippen molar-refractivity contribution in [3.63, 3.8) is 0 Å². The lowest BCUT2D eigenvalue weighted by molar-refractivity contribution is -0.122. The molecule has 0 heterocycles. The Kier molecular flexibility index (Phi) is 6.03. The van der Waals surface area contributed by atoms with Crippen LogP contribution in [0.3, 0.4) is 0 Å². The van der Waals surface area contributed by atoms with Crippen LogP contribution in [0.15, 0.2) is 51.4 Å². The van der Waals surface area contributed by atoms with Gasteiger partial charge in [0.1, 0.15) is 5.75 Å². The van der Waals surface area contributed by atoms with Crippen LogP contribution in [0.5, 0.6) is 5.75 Å². The number of nitrogens with one attached hydrogen (secondary N) is 1. The van der Waals surface area contributed by atoms with E-state index in [2.05, 4.69) is 44.1 Å². The molecular formula is C17H17Br2NO2. The highest BCUT2D eigenvalue weighted by molar-refractivity contribution is 9.11. The fraction of sp³-hybridized carbons (Fsp3) is 0.235. The Morgan fingerprint density at radius 1 is 1.23 bits per heavy atom. The van der Waals surface area contributed by atoms with Gasteiger partial charge in [-0.2, -0.15) is 0 Å². The number of amides is 1. The molecule has 2 rings (SSSR count). The first-order chi connectivity index (χ1) is 10.5. The second-order valence-corrected chi connectivity index (χ2v) is 6.60. The van der Waals surface area contributed by atoms with E-state index >= 15 is 0 Å². The van der Waals surface area contributed by atoms with Crippen LogP contribution in [0, 0.1) is 0 Å². The van der Waals surface area contributed by atoms with Crippen LogP contribution in [0.4, 0.5) is 5.69 Å². The summed E-state index contributed by atoms with van der Waals surface area (Å²) < 4.78 is 7.47. The van der Waals surface area contributed by atoms with Crippen LogP contribution in [0.2, 0.25) is 0 Å². The lowest BCUT2D eigenvalue weighted by Gasteiger charge is -2.17. The van der Waals surface area contributed by atoms with E-state index in [1.54, 1.807) is 6.92 Å². The number of para-hydroxylation sites is 1. The molecule has 5 heteroatoms. The number of hydrogen-bond acceptors (Lipinski definition) is 2. The van der Waals surface area contributed by atoms with Gasteiger partial charge >= 0.3 is 0 Å². The number of anilines is 1. The summed E-state index contributed by atoms with van der Waals surface area (Å²) in [4.78, 5) is 12.3. The molecule has 0 aliphatic heterocycles. The van der Waals surface area contributed by atoms with E-state index < -0.39 is 6.10 Å². The number of ether oxygens (including phenoxy) is 1. The Balaban J connectivity index is 2.06. The molecule has 0 saturated carbocycles. The molecule has 0 saturated heterocycles. The summed E-state index contributed by atoms with van der Waals surface area (Å²) in [6.45, 7) is 3.79. The first-order valence-corrected chi connectivity index (χ1v) is 8.60. The van der Waals surface area contributed by atoms with Crippen LogP contribution in [-0.2, 0) is 11.2 Å². The summed E-state index contributed by atoms with van der Waals surface area (Å²) in [5.74, 6) is 0.463. The van der Waals surface area contributed by atoms with E-state index in [9.17, 15) is 4.79 Å². The van der Waals surface area contributed by atoms with Gasteiger partial charge in [-0.25, -0.2) is 0 Å². The molecule has 2 aromatic carbocycles. The zero-order valence-electron chi connectivity index (χ0n) is 12.4. The molecule has 1 amide bonds. The highest BCUT2D eigenvalue weighted by Gasteiger charge is 2.17. The molecule has 0 unspecified atom stereocenters. The molecule has 0 aliphatic carbocycles. The number of halogens is 2. The fourth-order valence-corrected chi connectivity index (χ4v) is 3.14. The van der Waals surface area contributed by atoms with Crippen molar-refractivity contribution in [2.45, 2.75) is 26.4 Å². The highest BCUT2D eigenvalue weighted by Crippen LogP contribution is 2.29. The summed E-state index contributed by atoms with van der Waals surface area (Å²) in [5, 5.41) is 2.92. The molecule has 0 spiro atoms. The van der Waals surface area contributed by atoms with Gasteiger partial charge in [-0.3, -0.25) is 4.79 Å². The highest BCUT2D eigenvalue weighted by atomic mass is 79.9. The van der Waals surface area contributed by atoms with Gasteiger partial charge < -0.3 is 10.1 Å². The molecule has 0 aliphatic rings. The molecule has 0 bridgehead atoms. The van der Waals surface area contributed by atoms with Gasteiger partial charge in [-0.15, -0.1) is 0 Å². The van der Waals surface area contributed by atoms with Crippen molar-refractivity contribution in [1.82, 2.24) is 0 Å². The first kappa shape index (κ1) is 17.0. The van der Waals surface area contributed by atoms with E-state index in [1.165, 1.54) is 0 Å². The number of aryl methyl sites for hydroxylation is 1. The zero-order chi connectivity index (χ0) is 16.1. The maximum absolute atomic E-state index is 12.3. The summed E-state index contributed by atoms with van der Waals surface area (Å²) in [6.07, 6.45) is 0.270. The second kappa shape index (κ2) is 7.79. The third-order valence-electron chi connectivity index (χ3n) is 3.22. The van der Waals surface area contributed by atoms with Gasteiger partial charge in [0.15, 0.2) is 6.10 Å². The van der Waals surface area contributed by atoms with Gasteiger partial charge in [-0.05, 0) is 59.1 Å². The topological polar surface area (TPSA) is 38.3 Å². The van der Waals surface area contributed by atoms with Crippen molar-refractivity contribution in [2.75, 3.05) is 5.32 Å². The quantitative estimate of drug-likeness (QED) is 0.715. The van der Waals surface area contributed by atoms with Gasteiger partial charge in [0, 0.05) is 10.2 Å². The van der Waals surface area contributed by atoms with E-state index in [0.717, 1.165) is 26.6 Å². The van der Waals surface area contributed by atoms with Crippen molar-refractivity contribution < 1.29 is 9.53 Å². The molecule has 1 N–H and O–H groups in total. The third-order valence-corrected chi connectivity index (χ3v) is 4.34. The maximum Gasteiger partial charge on any atom is 0.265 e. The number of rotatable bonds is 5. The number of carbonyl (C=O) groups excluding carboxylic acids is 1. The Hall–Kier alpha value is -1.33. The molecule has 0 fully saturated rings. The van der Waals surface area contributed by atoms with Crippen molar-refractivity contribution in [3.05, 3.63) is 57.0 Å². The molecule has 0 aromatic heterocycles. The summed E-state index contributed by atoms with van der Waals surface area (Å²) in [5.41, 5.74) is 1.94. The monoisotopic (exact) mass is 425 g/mol. The Bertz CT molecular complexity index is 673. The molecule has 3 nitrogen and oxygen atoms in total. The largest absolute Gasteiger partial charge is 0.480 e. The Morgan fingerprint density at radius 2 is 1.95 bits per heavy atom. The van der Waals surface area contributed by atoms with Gasteiger partial charge in [0.25, 0.3) is 5.91 Å². The lowest BCUT2D eigenvalue weighted by atomic mass is 10.1. The molecule has 22 heavy (non-hydrogen) atoms. The first-order valence-electron chi connectivity index (χ1n) is 7.01. The molecular weight excluding hydrogens is 410 g/mol. The van der Waals surface area contributed by atoms with Crippen molar-refractivity contribution in [3.8, 4) is 5.75 Å². The Labute approximate surface area is 147 Å². The van der Waals surface area contributed by atoms with E-state index in [4.69, 9.17) is 4.74 Å². The van der Waals surface area contributed by atoms with Gasteiger partial charge in [-0.1, -0.05) is 41.1 Å². The molecule has 1 atom stereocenters. The SMILES string of the molecule is CCc1ccccc1NC(=O)[C@@H](C)Oc1ccc(Br)cc1Br. The normalized spacial score (nSPS) is 11.8. The van der Waals surface area contributed by atoms with E-state index in [0.29, 0.717) is 5.75 Å². The number of carbonyl (C=O) groups is 1. The average Bonchev–Trinajstić information content (AvgIpc) is 2.50. The van der Waals surface area contributed by atoms with Crippen molar-refractivity contribution >= 4 is 43.5 Å². The van der Waals surface area contributed by atoms with E-state index in [-0.39, 0.29) is 5.91 Å². The van der Waals surface area contributed by atoms with Gasteiger partial charge in [0.2, 0.25) is 0 Å². The smallest absolute Gasteiger partial charge is 0.265 e. The molecule has 0 radical (unpaired) electrons. The molecule has 2 aromatic rings. The minimum atomic E-state index is -0.595. The average molecular weight is 427 g/mol. The summed E-state index contributed by atoms with van der Waals surface area (Å²) >= 11 is 6.81. The minimum Gasteiger partial charge on any atom is -0.480 e. The predicted octanol–water partition coefficient (Wildman–Crippen LogP) is 5.18.